The van der Waals surface area contributed by atoms with Gasteiger partial charge in [0.25, 0.3) is 0 Å². The van der Waals surface area contributed by atoms with E-state index < -0.39 is 0 Å². The zero-order chi connectivity index (χ0) is 12.4. The highest BCUT2D eigenvalue weighted by Crippen LogP contribution is 2.30. The summed E-state index contributed by atoms with van der Waals surface area (Å²) in [5, 5.41) is 15.8. The lowest BCUT2D eigenvalue weighted by atomic mass is 10.1. The van der Waals surface area contributed by atoms with Crippen LogP contribution in [0.1, 0.15) is 43.6 Å². The Bertz CT molecular complexity index is 485. The van der Waals surface area contributed by atoms with Crippen molar-refractivity contribution in [1.82, 2.24) is 9.97 Å². The van der Waals surface area contributed by atoms with Crippen molar-refractivity contribution in [3.63, 3.8) is 0 Å². The van der Waals surface area contributed by atoms with Crippen molar-refractivity contribution in [3.05, 3.63) is 11.5 Å². The Kier molecular flexibility index (Phi) is 3.01. The van der Waals surface area contributed by atoms with Crippen molar-refractivity contribution in [3.8, 4) is 6.07 Å². The van der Waals surface area contributed by atoms with Crippen LogP contribution in [0, 0.1) is 11.3 Å². The average Bonchev–Trinajstić information content (AvgIpc) is 2.91. The average molecular weight is 243 g/mol. The van der Waals surface area contributed by atoms with Crippen LogP contribution in [0.4, 0.5) is 11.5 Å². The van der Waals surface area contributed by atoms with Gasteiger partial charge in [0.15, 0.2) is 5.82 Å². The number of aryl methyl sites for hydroxylation is 1. The summed E-state index contributed by atoms with van der Waals surface area (Å²) in [6.07, 6.45) is 6.95. The van der Waals surface area contributed by atoms with Crippen LogP contribution in [-0.2, 0) is 6.42 Å². The van der Waals surface area contributed by atoms with Crippen LogP contribution >= 0.6 is 0 Å². The zero-order valence-corrected chi connectivity index (χ0v) is 10.4. The Morgan fingerprint density at radius 3 is 2.83 bits per heavy atom. The number of rotatable bonds is 2. The summed E-state index contributed by atoms with van der Waals surface area (Å²) >= 11 is 0. The van der Waals surface area contributed by atoms with Crippen LogP contribution in [0.5, 0.6) is 0 Å². The van der Waals surface area contributed by atoms with E-state index >= 15 is 0 Å². The molecular formula is C13H17N5. The smallest absolute Gasteiger partial charge is 0.234 e. The van der Waals surface area contributed by atoms with Crippen LogP contribution in [0.3, 0.4) is 0 Å². The highest BCUT2D eigenvalue weighted by Gasteiger charge is 2.21. The molecule has 0 spiro atoms. The molecule has 5 heteroatoms. The Hall–Kier alpha value is -1.83. The second-order valence-corrected chi connectivity index (χ2v) is 4.99. The maximum Gasteiger partial charge on any atom is 0.234 e. The fourth-order valence-electron chi connectivity index (χ4n) is 2.76. The molecule has 0 amide bonds. The van der Waals surface area contributed by atoms with E-state index in [4.69, 9.17) is 5.26 Å². The minimum Gasteiger partial charge on any atom is -0.381 e. The molecule has 1 aliphatic carbocycles. The molecule has 0 saturated heterocycles. The lowest BCUT2D eigenvalue weighted by Crippen LogP contribution is -2.22. The van der Waals surface area contributed by atoms with E-state index in [9.17, 15) is 0 Å². The molecule has 2 N–H and O–H groups in total. The van der Waals surface area contributed by atoms with Crippen LogP contribution in [0.25, 0.3) is 0 Å². The molecule has 18 heavy (non-hydrogen) atoms. The first-order valence-electron chi connectivity index (χ1n) is 6.68. The van der Waals surface area contributed by atoms with Gasteiger partial charge in [-0.05, 0) is 25.7 Å². The summed E-state index contributed by atoms with van der Waals surface area (Å²) in [6, 6.07) is 2.55. The number of nitrogens with zero attached hydrogens (tertiary/aromatic N) is 3. The first kappa shape index (κ1) is 11.3. The van der Waals surface area contributed by atoms with Gasteiger partial charge >= 0.3 is 0 Å². The van der Waals surface area contributed by atoms with Gasteiger partial charge in [-0.25, -0.2) is 4.98 Å². The highest BCUT2D eigenvalue weighted by atomic mass is 15.1. The molecular weight excluding hydrogens is 226 g/mol. The molecule has 3 rings (SSSR count). The van der Waals surface area contributed by atoms with Gasteiger partial charge in [-0.2, -0.15) is 10.2 Å². The summed E-state index contributed by atoms with van der Waals surface area (Å²) in [5.74, 6) is 1.10. The molecule has 94 valence electrons. The number of aromatic nitrogens is 2. The van der Waals surface area contributed by atoms with E-state index in [1.54, 1.807) is 0 Å². The van der Waals surface area contributed by atoms with Crippen molar-refractivity contribution in [2.75, 3.05) is 17.2 Å². The molecule has 1 aromatic heterocycles. The predicted octanol–water partition coefficient (Wildman–Crippen LogP) is 2.06. The van der Waals surface area contributed by atoms with Gasteiger partial charge in [0.1, 0.15) is 6.07 Å². The van der Waals surface area contributed by atoms with Crippen molar-refractivity contribution in [1.29, 1.82) is 5.26 Å². The first-order valence-corrected chi connectivity index (χ1v) is 6.68. The Labute approximate surface area is 107 Å². The minimum absolute atomic E-state index is 0.276. The van der Waals surface area contributed by atoms with Crippen molar-refractivity contribution in [2.45, 2.75) is 44.6 Å². The summed E-state index contributed by atoms with van der Waals surface area (Å²) < 4.78 is 0. The topological polar surface area (TPSA) is 73.6 Å². The summed E-state index contributed by atoms with van der Waals surface area (Å²) in [5.41, 5.74) is 1.99. The van der Waals surface area contributed by atoms with Gasteiger partial charge in [-0.1, -0.05) is 12.8 Å². The third-order valence-electron chi connectivity index (χ3n) is 3.67. The van der Waals surface area contributed by atoms with Gasteiger partial charge in [-0.15, -0.1) is 0 Å². The molecule has 1 fully saturated rings. The van der Waals surface area contributed by atoms with E-state index in [0.717, 1.165) is 36.6 Å². The fourth-order valence-corrected chi connectivity index (χ4v) is 2.76. The summed E-state index contributed by atoms with van der Waals surface area (Å²) in [4.78, 5) is 8.61. The van der Waals surface area contributed by atoms with E-state index in [2.05, 4.69) is 26.7 Å². The molecule has 0 bridgehead atoms. The molecule has 0 radical (unpaired) electrons. The van der Waals surface area contributed by atoms with E-state index in [1.807, 2.05) is 0 Å². The summed E-state index contributed by atoms with van der Waals surface area (Å²) in [7, 11) is 0. The van der Waals surface area contributed by atoms with Crippen molar-refractivity contribution in [2.24, 2.45) is 0 Å². The molecule has 0 unspecified atom stereocenters. The number of fused-ring (bicyclic) bond motifs is 1. The Balaban J connectivity index is 1.93. The monoisotopic (exact) mass is 243 g/mol. The number of anilines is 2. The molecule has 2 heterocycles. The Morgan fingerprint density at radius 2 is 2.06 bits per heavy atom. The van der Waals surface area contributed by atoms with Crippen LogP contribution < -0.4 is 10.6 Å². The number of hydrogen-bond acceptors (Lipinski definition) is 5. The third-order valence-corrected chi connectivity index (χ3v) is 3.67. The number of nitriles is 1. The normalized spacial score (nSPS) is 18.8. The van der Waals surface area contributed by atoms with Gasteiger partial charge < -0.3 is 10.6 Å². The lowest BCUT2D eigenvalue weighted by Gasteiger charge is -2.22. The molecule has 0 atom stereocenters. The first-order chi connectivity index (χ1) is 8.86. The van der Waals surface area contributed by atoms with Crippen LogP contribution in [0.2, 0.25) is 0 Å². The maximum atomic E-state index is 9.00. The number of hydrogen-bond donors (Lipinski definition) is 2. The van der Waals surface area contributed by atoms with Gasteiger partial charge in [0.2, 0.25) is 5.82 Å². The maximum absolute atomic E-state index is 9.00. The highest BCUT2D eigenvalue weighted by molar-refractivity contribution is 5.68. The minimum atomic E-state index is 0.276. The van der Waals surface area contributed by atoms with Crippen molar-refractivity contribution < 1.29 is 0 Å². The second-order valence-electron chi connectivity index (χ2n) is 4.99. The fraction of sp³-hybridized carbons (Fsp3) is 0.615. The quantitative estimate of drug-likeness (QED) is 0.831. The zero-order valence-electron chi connectivity index (χ0n) is 10.4. The van der Waals surface area contributed by atoms with Crippen molar-refractivity contribution >= 4 is 11.5 Å². The predicted molar refractivity (Wildman–Crippen MR) is 69.4 cm³/mol. The van der Waals surface area contributed by atoms with Gasteiger partial charge in [-0.3, -0.25) is 0 Å². The largest absolute Gasteiger partial charge is 0.381 e. The molecule has 1 aromatic rings. The van der Waals surface area contributed by atoms with E-state index in [-0.39, 0.29) is 5.82 Å². The summed E-state index contributed by atoms with van der Waals surface area (Å²) in [6.45, 7) is 0.960. The second kappa shape index (κ2) is 4.81. The van der Waals surface area contributed by atoms with E-state index in [0.29, 0.717) is 6.04 Å². The van der Waals surface area contributed by atoms with Gasteiger partial charge in [0.05, 0.1) is 11.4 Å². The molecule has 0 aromatic carbocycles. The molecule has 1 saturated carbocycles. The standard InChI is InChI=1S/C13H17N5/c14-8-11-17-10-6-3-7-15-12(10)13(18-11)16-9-4-1-2-5-9/h9,15H,1-7H2,(H,16,17,18). The molecule has 2 aliphatic rings. The van der Waals surface area contributed by atoms with Crippen LogP contribution in [-0.4, -0.2) is 22.6 Å². The molecule has 5 nitrogen and oxygen atoms in total. The SMILES string of the molecule is N#Cc1nc2c(c(NC3CCCC3)n1)NCCC2. The Morgan fingerprint density at radius 1 is 1.22 bits per heavy atom. The van der Waals surface area contributed by atoms with Gasteiger partial charge in [0, 0.05) is 12.6 Å². The lowest BCUT2D eigenvalue weighted by molar-refractivity contribution is 0.741. The van der Waals surface area contributed by atoms with E-state index in [1.165, 1.54) is 25.7 Å². The number of nitrogens with one attached hydrogen (secondary N) is 2. The molecule has 1 aliphatic heterocycles. The van der Waals surface area contributed by atoms with Crippen LogP contribution in [0.15, 0.2) is 0 Å². The third kappa shape index (κ3) is 2.10.